The van der Waals surface area contributed by atoms with Crippen LogP contribution in [0.3, 0.4) is 0 Å². The summed E-state index contributed by atoms with van der Waals surface area (Å²) in [4.78, 5) is 11.9. The van der Waals surface area contributed by atoms with Crippen molar-refractivity contribution in [3.8, 4) is 11.5 Å². The molecule has 2 aromatic rings. The van der Waals surface area contributed by atoms with E-state index in [0.29, 0.717) is 18.0 Å². The molecular weight excluding hydrogens is 358 g/mol. The van der Waals surface area contributed by atoms with E-state index in [-0.39, 0.29) is 5.91 Å². The summed E-state index contributed by atoms with van der Waals surface area (Å²) in [5.74, 6) is 1.15. The Bertz CT molecular complexity index is 713. The monoisotopic (exact) mass is 375 g/mol. The normalized spacial score (nSPS) is 10.6. The zero-order valence-corrected chi connectivity index (χ0v) is 14.6. The molecule has 0 aliphatic heterocycles. The highest BCUT2D eigenvalue weighted by Crippen LogP contribution is 2.27. The van der Waals surface area contributed by atoms with Crippen LogP contribution in [0, 0.1) is 0 Å². The summed E-state index contributed by atoms with van der Waals surface area (Å²) < 4.78 is 11.4. The maximum Gasteiger partial charge on any atom is 0.244 e. The van der Waals surface area contributed by atoms with Crippen molar-refractivity contribution in [3.05, 3.63) is 64.1 Å². The zero-order valence-electron chi connectivity index (χ0n) is 13.0. The van der Waals surface area contributed by atoms with E-state index in [2.05, 4.69) is 21.2 Å². The number of ether oxygens (including phenoxy) is 2. The lowest BCUT2D eigenvalue weighted by Crippen LogP contribution is -2.20. The highest BCUT2D eigenvalue weighted by Gasteiger charge is 2.05. The van der Waals surface area contributed by atoms with Gasteiger partial charge in [0.25, 0.3) is 0 Å². The standard InChI is InChI=1S/C18H18BrNO3/c1-22-16-9-7-13(11-17(16)23-2)12-20-18(21)10-8-14-5-3-4-6-15(14)19/h3-11H,12H2,1-2H3,(H,20,21)/b10-8+. The fraction of sp³-hybridized carbons (Fsp3) is 0.167. The maximum atomic E-state index is 11.9. The molecule has 0 spiro atoms. The van der Waals surface area contributed by atoms with Gasteiger partial charge in [-0.15, -0.1) is 0 Å². The second-order valence-corrected chi connectivity index (χ2v) is 5.62. The molecule has 4 nitrogen and oxygen atoms in total. The lowest BCUT2D eigenvalue weighted by molar-refractivity contribution is -0.116. The Labute approximate surface area is 144 Å². The van der Waals surface area contributed by atoms with Crippen LogP contribution in [0.15, 0.2) is 53.0 Å². The van der Waals surface area contributed by atoms with Crippen LogP contribution in [0.4, 0.5) is 0 Å². The first-order chi connectivity index (χ1) is 11.1. The van der Waals surface area contributed by atoms with Crippen molar-refractivity contribution >= 4 is 27.9 Å². The molecule has 2 rings (SSSR count). The molecule has 1 amide bonds. The van der Waals surface area contributed by atoms with Gasteiger partial charge in [-0.3, -0.25) is 4.79 Å². The minimum Gasteiger partial charge on any atom is -0.493 e. The highest BCUT2D eigenvalue weighted by molar-refractivity contribution is 9.10. The van der Waals surface area contributed by atoms with Crippen molar-refractivity contribution in [2.75, 3.05) is 14.2 Å². The molecule has 1 N–H and O–H groups in total. The molecule has 0 atom stereocenters. The Morgan fingerprint density at radius 3 is 2.57 bits per heavy atom. The van der Waals surface area contributed by atoms with Gasteiger partial charge in [-0.2, -0.15) is 0 Å². The van der Waals surface area contributed by atoms with Gasteiger partial charge in [0, 0.05) is 17.1 Å². The Kier molecular flexibility index (Phi) is 6.23. The van der Waals surface area contributed by atoms with Crippen molar-refractivity contribution in [2.45, 2.75) is 6.54 Å². The van der Waals surface area contributed by atoms with Gasteiger partial charge in [-0.05, 0) is 35.4 Å². The molecule has 120 valence electrons. The third-order valence-electron chi connectivity index (χ3n) is 3.23. The average Bonchev–Trinajstić information content (AvgIpc) is 2.58. The molecular formula is C18H18BrNO3. The van der Waals surface area contributed by atoms with Crippen molar-refractivity contribution in [2.24, 2.45) is 0 Å². The number of nitrogens with one attached hydrogen (secondary N) is 1. The van der Waals surface area contributed by atoms with Crippen LogP contribution in [0.5, 0.6) is 11.5 Å². The highest BCUT2D eigenvalue weighted by atomic mass is 79.9. The van der Waals surface area contributed by atoms with E-state index in [1.54, 1.807) is 20.3 Å². The Morgan fingerprint density at radius 1 is 1.13 bits per heavy atom. The fourth-order valence-corrected chi connectivity index (χ4v) is 2.43. The second-order valence-electron chi connectivity index (χ2n) is 4.76. The minimum atomic E-state index is -0.157. The third kappa shape index (κ3) is 4.86. The van der Waals surface area contributed by atoms with E-state index in [4.69, 9.17) is 9.47 Å². The molecule has 5 heteroatoms. The average molecular weight is 376 g/mol. The summed E-state index contributed by atoms with van der Waals surface area (Å²) in [6.07, 6.45) is 3.29. The van der Waals surface area contributed by atoms with Gasteiger partial charge < -0.3 is 14.8 Å². The van der Waals surface area contributed by atoms with E-state index in [1.165, 1.54) is 6.08 Å². The minimum absolute atomic E-state index is 0.157. The quantitative estimate of drug-likeness (QED) is 0.781. The van der Waals surface area contributed by atoms with Gasteiger partial charge in [0.15, 0.2) is 11.5 Å². The van der Waals surface area contributed by atoms with Gasteiger partial charge in [-0.1, -0.05) is 40.2 Å². The van der Waals surface area contributed by atoms with E-state index in [9.17, 15) is 4.79 Å². The molecule has 0 heterocycles. The van der Waals surface area contributed by atoms with Gasteiger partial charge in [-0.25, -0.2) is 0 Å². The van der Waals surface area contributed by atoms with Crippen molar-refractivity contribution in [1.82, 2.24) is 5.32 Å². The van der Waals surface area contributed by atoms with Crippen LogP contribution in [0.1, 0.15) is 11.1 Å². The van der Waals surface area contributed by atoms with E-state index < -0.39 is 0 Å². The second kappa shape index (κ2) is 8.39. The molecule has 0 saturated heterocycles. The predicted octanol–water partition coefficient (Wildman–Crippen LogP) is 3.80. The van der Waals surface area contributed by atoms with Crippen LogP contribution >= 0.6 is 15.9 Å². The Morgan fingerprint density at radius 2 is 1.87 bits per heavy atom. The molecule has 0 aliphatic carbocycles. The number of carbonyl (C=O) groups is 1. The summed E-state index contributed by atoms with van der Waals surface area (Å²) in [5, 5.41) is 2.84. The molecule has 0 aliphatic rings. The molecule has 0 unspecified atom stereocenters. The summed E-state index contributed by atoms with van der Waals surface area (Å²) in [6.45, 7) is 0.416. The number of carbonyl (C=O) groups excluding carboxylic acids is 1. The number of rotatable bonds is 6. The molecule has 0 bridgehead atoms. The van der Waals surface area contributed by atoms with Crippen molar-refractivity contribution < 1.29 is 14.3 Å². The smallest absolute Gasteiger partial charge is 0.244 e. The number of amides is 1. The lowest BCUT2D eigenvalue weighted by Gasteiger charge is -2.09. The van der Waals surface area contributed by atoms with E-state index in [1.807, 2.05) is 42.5 Å². The lowest BCUT2D eigenvalue weighted by atomic mass is 10.2. The maximum absolute atomic E-state index is 11.9. The first-order valence-electron chi connectivity index (χ1n) is 7.05. The first kappa shape index (κ1) is 17.1. The topological polar surface area (TPSA) is 47.6 Å². The van der Waals surface area contributed by atoms with Crippen LogP contribution in [-0.4, -0.2) is 20.1 Å². The van der Waals surface area contributed by atoms with Crippen molar-refractivity contribution in [1.29, 1.82) is 0 Å². The van der Waals surface area contributed by atoms with Crippen LogP contribution < -0.4 is 14.8 Å². The largest absolute Gasteiger partial charge is 0.493 e. The molecule has 0 saturated carbocycles. The van der Waals surface area contributed by atoms with Crippen LogP contribution in [0.2, 0.25) is 0 Å². The summed E-state index contributed by atoms with van der Waals surface area (Å²) in [5.41, 5.74) is 1.89. The van der Waals surface area contributed by atoms with Crippen LogP contribution in [0.25, 0.3) is 6.08 Å². The number of methoxy groups -OCH3 is 2. The molecule has 23 heavy (non-hydrogen) atoms. The number of hydrogen-bond acceptors (Lipinski definition) is 3. The van der Waals surface area contributed by atoms with E-state index >= 15 is 0 Å². The third-order valence-corrected chi connectivity index (χ3v) is 3.96. The van der Waals surface area contributed by atoms with Gasteiger partial charge >= 0.3 is 0 Å². The zero-order chi connectivity index (χ0) is 16.7. The van der Waals surface area contributed by atoms with Gasteiger partial charge in [0.05, 0.1) is 14.2 Å². The number of halogens is 1. The van der Waals surface area contributed by atoms with Gasteiger partial charge in [0.1, 0.15) is 0 Å². The molecule has 0 radical (unpaired) electrons. The van der Waals surface area contributed by atoms with Crippen LogP contribution in [-0.2, 0) is 11.3 Å². The molecule has 0 fully saturated rings. The number of hydrogen-bond donors (Lipinski definition) is 1. The SMILES string of the molecule is COc1ccc(CNC(=O)/C=C/c2ccccc2Br)cc1OC. The Hall–Kier alpha value is -2.27. The molecule has 2 aromatic carbocycles. The summed E-state index contributed by atoms with van der Waals surface area (Å²) in [6, 6.07) is 13.3. The van der Waals surface area contributed by atoms with Gasteiger partial charge in [0.2, 0.25) is 5.91 Å². The molecule has 0 aromatic heterocycles. The van der Waals surface area contributed by atoms with Crippen molar-refractivity contribution in [3.63, 3.8) is 0 Å². The predicted molar refractivity (Wildman–Crippen MR) is 94.6 cm³/mol. The first-order valence-corrected chi connectivity index (χ1v) is 7.84. The summed E-state index contributed by atoms with van der Waals surface area (Å²) in [7, 11) is 3.17. The van der Waals surface area contributed by atoms with E-state index in [0.717, 1.165) is 15.6 Å². The fourth-order valence-electron chi connectivity index (χ4n) is 2.01. The summed E-state index contributed by atoms with van der Waals surface area (Å²) >= 11 is 3.44. The number of benzene rings is 2. The Balaban J connectivity index is 1.95.